The monoisotopic (exact) mass is 312 g/mol. The molecule has 3 aromatic rings. The highest BCUT2D eigenvalue weighted by Crippen LogP contribution is 2.27. The van der Waals surface area contributed by atoms with Gasteiger partial charge in [0.15, 0.2) is 0 Å². The average molecular weight is 313 g/mol. The third-order valence-corrected chi connectivity index (χ3v) is 3.91. The summed E-state index contributed by atoms with van der Waals surface area (Å²) in [5, 5.41) is 4.12. The van der Waals surface area contributed by atoms with Gasteiger partial charge in [0.2, 0.25) is 0 Å². The van der Waals surface area contributed by atoms with E-state index in [1.807, 2.05) is 48.3 Å². The van der Waals surface area contributed by atoms with E-state index in [1.165, 1.54) is 5.56 Å². The van der Waals surface area contributed by atoms with E-state index in [0.717, 1.165) is 17.9 Å². The van der Waals surface area contributed by atoms with Gasteiger partial charge in [0, 0.05) is 38.3 Å². The van der Waals surface area contributed by atoms with Crippen LogP contribution in [0.1, 0.15) is 17.4 Å². The normalized spacial score (nSPS) is 12.1. The molecule has 0 saturated carbocycles. The van der Waals surface area contributed by atoms with Crippen molar-refractivity contribution in [3.63, 3.8) is 0 Å². The molecule has 0 spiro atoms. The highest BCUT2D eigenvalue weighted by atomic mass is 35.5. The van der Waals surface area contributed by atoms with Crippen LogP contribution in [0.4, 0.5) is 5.69 Å². The smallest absolute Gasteiger partial charge is 0.110 e. The van der Waals surface area contributed by atoms with E-state index >= 15 is 0 Å². The summed E-state index contributed by atoms with van der Waals surface area (Å²) in [7, 11) is 2.00. The predicted molar refractivity (Wildman–Crippen MR) is 89.0 cm³/mol. The summed E-state index contributed by atoms with van der Waals surface area (Å²) >= 11 is 6.22. The first-order valence-corrected chi connectivity index (χ1v) is 7.49. The lowest BCUT2D eigenvalue weighted by molar-refractivity contribution is 0.693. The standard InChI is InChI=1S/C17H17ClN4/c1-22-10-9-20-17(22)11-16(13-5-3-2-4-6-13)21-15-7-8-19-12-14(15)18/h2-10,12,16H,11H2,1H3,(H,19,21). The van der Waals surface area contributed by atoms with E-state index in [4.69, 9.17) is 11.6 Å². The number of benzene rings is 1. The highest BCUT2D eigenvalue weighted by molar-refractivity contribution is 6.33. The van der Waals surface area contributed by atoms with E-state index in [9.17, 15) is 0 Å². The van der Waals surface area contributed by atoms with Crippen LogP contribution in [-0.4, -0.2) is 14.5 Å². The van der Waals surface area contributed by atoms with Gasteiger partial charge in [-0.25, -0.2) is 4.98 Å². The number of halogens is 1. The van der Waals surface area contributed by atoms with E-state index in [0.29, 0.717) is 5.02 Å². The van der Waals surface area contributed by atoms with Gasteiger partial charge >= 0.3 is 0 Å². The number of hydrogen-bond donors (Lipinski definition) is 1. The van der Waals surface area contributed by atoms with Gasteiger partial charge in [0.25, 0.3) is 0 Å². The zero-order chi connectivity index (χ0) is 15.4. The van der Waals surface area contributed by atoms with Crippen LogP contribution in [0.25, 0.3) is 0 Å². The van der Waals surface area contributed by atoms with Crippen LogP contribution in [0, 0.1) is 0 Å². The molecule has 0 saturated heterocycles. The molecule has 0 aliphatic heterocycles. The Balaban J connectivity index is 1.90. The minimum Gasteiger partial charge on any atom is -0.376 e. The van der Waals surface area contributed by atoms with Crippen LogP contribution in [0.3, 0.4) is 0 Å². The summed E-state index contributed by atoms with van der Waals surface area (Å²) in [6, 6.07) is 12.3. The van der Waals surface area contributed by atoms with Crippen LogP contribution in [0.15, 0.2) is 61.2 Å². The summed E-state index contributed by atoms with van der Waals surface area (Å²) < 4.78 is 2.03. The van der Waals surface area contributed by atoms with Crippen LogP contribution in [0.5, 0.6) is 0 Å². The average Bonchev–Trinajstić information content (AvgIpc) is 2.95. The van der Waals surface area contributed by atoms with Gasteiger partial charge < -0.3 is 9.88 Å². The molecule has 112 valence electrons. The Morgan fingerprint density at radius 2 is 2.00 bits per heavy atom. The topological polar surface area (TPSA) is 42.7 Å². The molecular weight excluding hydrogens is 296 g/mol. The maximum absolute atomic E-state index is 6.22. The minimum atomic E-state index is 0.0854. The number of rotatable bonds is 5. The SMILES string of the molecule is Cn1ccnc1CC(Nc1ccncc1Cl)c1ccccc1. The van der Waals surface area contributed by atoms with Gasteiger partial charge in [-0.1, -0.05) is 41.9 Å². The van der Waals surface area contributed by atoms with Crippen molar-refractivity contribution >= 4 is 17.3 Å². The fourth-order valence-corrected chi connectivity index (χ4v) is 2.57. The van der Waals surface area contributed by atoms with Crippen molar-refractivity contribution in [2.45, 2.75) is 12.5 Å². The van der Waals surface area contributed by atoms with Crippen LogP contribution >= 0.6 is 11.6 Å². The first-order chi connectivity index (χ1) is 10.7. The Morgan fingerprint density at radius 3 is 2.68 bits per heavy atom. The summed E-state index contributed by atoms with van der Waals surface area (Å²) in [5.41, 5.74) is 2.07. The molecule has 2 heterocycles. The molecule has 1 N–H and O–H groups in total. The van der Waals surface area contributed by atoms with Gasteiger partial charge in [-0.15, -0.1) is 0 Å². The molecule has 0 bridgehead atoms. The number of pyridine rings is 1. The molecule has 0 aliphatic carbocycles. The molecule has 1 unspecified atom stereocenters. The third kappa shape index (κ3) is 3.28. The van der Waals surface area contributed by atoms with E-state index in [2.05, 4.69) is 27.4 Å². The van der Waals surface area contributed by atoms with Gasteiger partial charge in [-0.3, -0.25) is 4.98 Å². The van der Waals surface area contributed by atoms with E-state index in [-0.39, 0.29) is 6.04 Å². The van der Waals surface area contributed by atoms with Crippen molar-refractivity contribution in [2.75, 3.05) is 5.32 Å². The maximum Gasteiger partial charge on any atom is 0.110 e. The molecule has 22 heavy (non-hydrogen) atoms. The molecule has 0 aliphatic rings. The fourth-order valence-electron chi connectivity index (χ4n) is 2.39. The Bertz CT molecular complexity index is 739. The summed E-state index contributed by atoms with van der Waals surface area (Å²) in [5.74, 6) is 1.02. The van der Waals surface area contributed by atoms with E-state index in [1.54, 1.807) is 12.4 Å². The number of aromatic nitrogens is 3. The molecule has 2 aromatic heterocycles. The molecular formula is C17H17ClN4. The predicted octanol–water partition coefficient (Wildman–Crippen LogP) is 3.86. The van der Waals surface area contributed by atoms with Gasteiger partial charge in [-0.2, -0.15) is 0 Å². The van der Waals surface area contributed by atoms with Crippen LogP contribution in [-0.2, 0) is 13.5 Å². The van der Waals surface area contributed by atoms with Gasteiger partial charge in [-0.05, 0) is 11.6 Å². The zero-order valence-corrected chi connectivity index (χ0v) is 13.0. The molecule has 0 radical (unpaired) electrons. The molecule has 1 aromatic carbocycles. The van der Waals surface area contributed by atoms with Crippen molar-refractivity contribution in [1.29, 1.82) is 0 Å². The number of aryl methyl sites for hydroxylation is 1. The molecule has 5 heteroatoms. The third-order valence-electron chi connectivity index (χ3n) is 3.61. The number of nitrogens with zero attached hydrogens (tertiary/aromatic N) is 3. The number of imidazole rings is 1. The Hall–Kier alpha value is -2.33. The molecule has 3 rings (SSSR count). The van der Waals surface area contributed by atoms with Crippen molar-refractivity contribution in [2.24, 2.45) is 7.05 Å². The minimum absolute atomic E-state index is 0.0854. The van der Waals surface area contributed by atoms with Crippen LogP contribution in [0.2, 0.25) is 5.02 Å². The van der Waals surface area contributed by atoms with Crippen molar-refractivity contribution in [3.8, 4) is 0 Å². The van der Waals surface area contributed by atoms with Gasteiger partial charge in [0.1, 0.15) is 5.82 Å². The highest BCUT2D eigenvalue weighted by Gasteiger charge is 2.15. The molecule has 4 nitrogen and oxygen atoms in total. The first kappa shape index (κ1) is 14.6. The second-order valence-electron chi connectivity index (χ2n) is 5.12. The molecule has 0 fully saturated rings. The second-order valence-corrected chi connectivity index (χ2v) is 5.53. The van der Waals surface area contributed by atoms with Gasteiger partial charge in [0.05, 0.1) is 16.8 Å². The Morgan fingerprint density at radius 1 is 1.18 bits per heavy atom. The number of hydrogen-bond acceptors (Lipinski definition) is 3. The summed E-state index contributed by atoms with van der Waals surface area (Å²) in [4.78, 5) is 8.45. The van der Waals surface area contributed by atoms with Crippen LogP contribution < -0.4 is 5.32 Å². The Kier molecular flexibility index (Phi) is 4.39. The largest absolute Gasteiger partial charge is 0.376 e. The maximum atomic E-state index is 6.22. The summed E-state index contributed by atoms with van der Waals surface area (Å²) in [6.07, 6.45) is 7.92. The van der Waals surface area contributed by atoms with Crippen molar-refractivity contribution in [1.82, 2.24) is 14.5 Å². The fraction of sp³-hybridized carbons (Fsp3) is 0.176. The number of nitrogens with one attached hydrogen (secondary N) is 1. The lowest BCUT2D eigenvalue weighted by Gasteiger charge is -2.21. The van der Waals surface area contributed by atoms with E-state index < -0.39 is 0 Å². The lowest BCUT2D eigenvalue weighted by Crippen LogP contribution is -2.16. The number of anilines is 1. The first-order valence-electron chi connectivity index (χ1n) is 7.11. The summed E-state index contributed by atoms with van der Waals surface area (Å²) in [6.45, 7) is 0. The quantitative estimate of drug-likeness (QED) is 0.778. The molecule has 1 atom stereocenters. The Labute approximate surface area is 134 Å². The zero-order valence-electron chi connectivity index (χ0n) is 12.3. The second kappa shape index (κ2) is 6.62. The van der Waals surface area contributed by atoms with Crippen molar-refractivity contribution in [3.05, 3.63) is 77.6 Å². The molecule has 0 amide bonds. The van der Waals surface area contributed by atoms with Crippen molar-refractivity contribution < 1.29 is 0 Å². The lowest BCUT2D eigenvalue weighted by atomic mass is 10.0.